The average molecular weight is 374 g/mol. The Morgan fingerprint density at radius 3 is 2.92 bits per heavy atom. The van der Waals surface area contributed by atoms with Crippen molar-refractivity contribution in [3.63, 3.8) is 0 Å². The first-order chi connectivity index (χ1) is 12.3. The minimum atomic E-state index is -0.332. The molecule has 138 valence electrons. The van der Waals surface area contributed by atoms with Crippen molar-refractivity contribution in [3.05, 3.63) is 47.2 Å². The van der Waals surface area contributed by atoms with Crippen molar-refractivity contribution in [2.45, 2.75) is 26.8 Å². The number of carbonyl (C=O) groups excluding carboxylic acids is 1. The van der Waals surface area contributed by atoms with Gasteiger partial charge in [-0.1, -0.05) is 31.5 Å². The lowest BCUT2D eigenvalue weighted by Crippen LogP contribution is -2.57. The minimum absolute atomic E-state index is 0.0565. The number of nitrogens with zero attached hydrogens (tertiary/aromatic N) is 3. The lowest BCUT2D eigenvalue weighted by molar-refractivity contribution is -0.174. The molecule has 4 rings (SSSR count). The van der Waals surface area contributed by atoms with Gasteiger partial charge in [0, 0.05) is 36.4 Å². The van der Waals surface area contributed by atoms with Crippen molar-refractivity contribution in [2.24, 2.45) is 16.7 Å². The molecule has 26 heavy (non-hydrogen) atoms. The minimum Gasteiger partial charge on any atom is -0.469 e. The molecule has 5 nitrogen and oxygen atoms in total. The molecule has 6 heteroatoms. The van der Waals surface area contributed by atoms with Crippen LogP contribution in [0.25, 0.3) is 5.69 Å². The summed E-state index contributed by atoms with van der Waals surface area (Å²) in [6, 6.07) is 7.64. The Kier molecular flexibility index (Phi) is 4.12. The Morgan fingerprint density at radius 1 is 1.42 bits per heavy atom. The Balaban J connectivity index is 1.50. The van der Waals surface area contributed by atoms with Gasteiger partial charge in [0.15, 0.2) is 0 Å². The van der Waals surface area contributed by atoms with Gasteiger partial charge in [0.1, 0.15) is 0 Å². The van der Waals surface area contributed by atoms with Crippen LogP contribution >= 0.6 is 11.6 Å². The van der Waals surface area contributed by atoms with Crippen LogP contribution in [-0.4, -0.2) is 40.8 Å². The number of fused-ring (bicyclic) bond motifs is 1. The number of rotatable bonds is 4. The first-order valence-electron chi connectivity index (χ1n) is 8.94. The van der Waals surface area contributed by atoms with Crippen LogP contribution in [0.3, 0.4) is 0 Å². The molecule has 0 radical (unpaired) electrons. The van der Waals surface area contributed by atoms with Crippen molar-refractivity contribution < 1.29 is 9.53 Å². The molecule has 2 aliphatic rings. The fourth-order valence-electron chi connectivity index (χ4n) is 5.05. The number of hydrogen-bond acceptors (Lipinski definition) is 4. The van der Waals surface area contributed by atoms with E-state index in [2.05, 4.69) is 23.8 Å². The second-order valence-corrected chi connectivity index (χ2v) is 8.74. The van der Waals surface area contributed by atoms with E-state index in [4.69, 9.17) is 16.3 Å². The number of methoxy groups -OCH3 is 1. The van der Waals surface area contributed by atoms with Crippen LogP contribution in [0.4, 0.5) is 0 Å². The molecule has 0 unspecified atom stereocenters. The number of benzene rings is 1. The smallest absolute Gasteiger partial charge is 0.313 e. The molecule has 2 heterocycles. The molecule has 1 saturated heterocycles. The molecule has 0 bridgehead atoms. The maximum absolute atomic E-state index is 12.4. The van der Waals surface area contributed by atoms with E-state index in [1.165, 1.54) is 7.11 Å². The highest BCUT2D eigenvalue weighted by Crippen LogP contribution is 2.63. The molecule has 1 aliphatic carbocycles. The summed E-state index contributed by atoms with van der Waals surface area (Å²) >= 11 is 6.07. The van der Waals surface area contributed by atoms with Crippen molar-refractivity contribution >= 4 is 17.6 Å². The first kappa shape index (κ1) is 17.6. The van der Waals surface area contributed by atoms with Gasteiger partial charge in [-0.25, -0.2) is 4.68 Å². The van der Waals surface area contributed by atoms with Crippen molar-refractivity contribution in [2.75, 3.05) is 20.2 Å². The van der Waals surface area contributed by atoms with E-state index >= 15 is 0 Å². The van der Waals surface area contributed by atoms with Crippen molar-refractivity contribution in [1.29, 1.82) is 0 Å². The molecule has 1 saturated carbocycles. The quantitative estimate of drug-likeness (QED) is 0.769. The zero-order valence-corrected chi connectivity index (χ0v) is 16.2. The van der Waals surface area contributed by atoms with Crippen LogP contribution in [0, 0.1) is 16.7 Å². The van der Waals surface area contributed by atoms with Crippen LogP contribution < -0.4 is 0 Å². The first-order valence-corrected chi connectivity index (χ1v) is 9.32. The van der Waals surface area contributed by atoms with E-state index in [1.807, 2.05) is 41.3 Å². The van der Waals surface area contributed by atoms with Crippen molar-refractivity contribution in [3.8, 4) is 5.69 Å². The maximum atomic E-state index is 12.4. The van der Waals surface area contributed by atoms with E-state index in [9.17, 15) is 4.79 Å². The van der Waals surface area contributed by atoms with Gasteiger partial charge < -0.3 is 4.74 Å². The molecule has 0 spiro atoms. The number of likely N-dealkylation sites (tertiary alicyclic amines) is 1. The second-order valence-electron chi connectivity index (χ2n) is 8.31. The summed E-state index contributed by atoms with van der Waals surface area (Å²) in [7, 11) is 1.50. The highest BCUT2D eigenvalue weighted by atomic mass is 35.5. The molecule has 2 aromatic rings. The summed E-state index contributed by atoms with van der Waals surface area (Å²) in [6.45, 7) is 6.96. The third-order valence-electron chi connectivity index (χ3n) is 6.03. The molecular formula is C20H24ClN3O2. The fraction of sp³-hybridized carbons (Fsp3) is 0.500. The van der Waals surface area contributed by atoms with Gasteiger partial charge >= 0.3 is 5.97 Å². The summed E-state index contributed by atoms with van der Waals surface area (Å²) in [6.07, 6.45) is 4.81. The van der Waals surface area contributed by atoms with Gasteiger partial charge in [0.2, 0.25) is 0 Å². The number of ether oxygens (including phenoxy) is 1. The summed E-state index contributed by atoms with van der Waals surface area (Å²) in [5, 5.41) is 5.15. The third kappa shape index (κ3) is 2.74. The average Bonchev–Trinajstić information content (AvgIpc) is 3.18. The van der Waals surface area contributed by atoms with E-state index in [-0.39, 0.29) is 16.8 Å². The van der Waals surface area contributed by atoms with Crippen LogP contribution in [-0.2, 0) is 16.1 Å². The monoisotopic (exact) mass is 373 g/mol. The Morgan fingerprint density at radius 2 is 2.23 bits per heavy atom. The van der Waals surface area contributed by atoms with Crippen LogP contribution in [0.1, 0.15) is 25.8 Å². The molecule has 1 aromatic heterocycles. The molecule has 1 aliphatic heterocycles. The van der Waals surface area contributed by atoms with E-state index in [0.717, 1.165) is 37.3 Å². The Hall–Kier alpha value is -1.85. The van der Waals surface area contributed by atoms with Gasteiger partial charge in [-0.15, -0.1) is 0 Å². The van der Waals surface area contributed by atoms with Crippen LogP contribution in [0.15, 0.2) is 36.7 Å². The lowest BCUT2D eigenvalue weighted by Gasteiger charge is -2.54. The summed E-state index contributed by atoms with van der Waals surface area (Å²) in [5.74, 6) is 0.296. The van der Waals surface area contributed by atoms with Crippen molar-refractivity contribution in [1.82, 2.24) is 14.7 Å². The number of esters is 1. The largest absolute Gasteiger partial charge is 0.469 e. The highest BCUT2D eigenvalue weighted by Gasteiger charge is 2.67. The van der Waals surface area contributed by atoms with E-state index in [1.54, 1.807) is 0 Å². The lowest BCUT2D eigenvalue weighted by atomic mass is 9.48. The number of halogens is 1. The highest BCUT2D eigenvalue weighted by molar-refractivity contribution is 6.30. The summed E-state index contributed by atoms with van der Waals surface area (Å²) in [5.41, 5.74) is 1.93. The van der Waals surface area contributed by atoms with E-state index in [0.29, 0.717) is 10.9 Å². The molecule has 1 aromatic carbocycles. The van der Waals surface area contributed by atoms with Gasteiger partial charge in [0.05, 0.1) is 24.4 Å². The molecule has 0 amide bonds. The van der Waals surface area contributed by atoms with Gasteiger partial charge in [-0.2, -0.15) is 5.10 Å². The van der Waals surface area contributed by atoms with Crippen LogP contribution in [0.5, 0.6) is 0 Å². The summed E-state index contributed by atoms with van der Waals surface area (Å²) < 4.78 is 6.97. The summed E-state index contributed by atoms with van der Waals surface area (Å²) in [4.78, 5) is 14.8. The third-order valence-corrected chi connectivity index (χ3v) is 6.27. The Bertz CT molecular complexity index is 847. The fourth-order valence-corrected chi connectivity index (χ4v) is 5.23. The predicted molar refractivity (Wildman–Crippen MR) is 100 cm³/mol. The zero-order valence-electron chi connectivity index (χ0n) is 15.4. The number of carbonyl (C=O) groups is 1. The number of hydrogen-bond donors (Lipinski definition) is 0. The molecule has 2 fully saturated rings. The van der Waals surface area contributed by atoms with Gasteiger partial charge in [0.25, 0.3) is 0 Å². The van der Waals surface area contributed by atoms with E-state index < -0.39 is 0 Å². The Labute approximate surface area is 158 Å². The maximum Gasteiger partial charge on any atom is 0.313 e. The normalized spacial score (nSPS) is 27.0. The van der Waals surface area contributed by atoms with Gasteiger partial charge in [-0.05, 0) is 36.0 Å². The standard InChI is InChI=1S/C20H24ClN3O2/c1-19(2)12-20(18(25)26-3)13-23(11-17(19)20)9-14-8-22-24(10-14)16-6-4-5-15(21)7-16/h4-8,10,17H,9,11-13H2,1-3H3/t17-,20+/m1/s1. The predicted octanol–water partition coefficient (Wildman–Crippen LogP) is 3.55. The van der Waals surface area contributed by atoms with Crippen LogP contribution in [0.2, 0.25) is 5.02 Å². The zero-order chi connectivity index (χ0) is 18.5. The topological polar surface area (TPSA) is 47.4 Å². The molecule has 0 N–H and O–H groups in total. The molecule has 2 atom stereocenters. The molecular weight excluding hydrogens is 350 g/mol. The number of aromatic nitrogens is 2. The van der Waals surface area contributed by atoms with Gasteiger partial charge in [-0.3, -0.25) is 9.69 Å². The SMILES string of the molecule is COC(=O)[C@@]12CN(Cc3cnn(-c4cccc(Cl)c4)c3)C[C@@H]1C(C)(C)C2. The second kappa shape index (κ2) is 6.10.